The predicted octanol–water partition coefficient (Wildman–Crippen LogP) is 2.19. The van der Waals surface area contributed by atoms with Gasteiger partial charge in [-0.3, -0.25) is 0 Å². The van der Waals surface area contributed by atoms with Gasteiger partial charge in [0.15, 0.2) is 0 Å². The first-order chi connectivity index (χ1) is 6.92. The molecule has 0 saturated heterocycles. The Morgan fingerprint density at radius 2 is 2.27 bits per heavy atom. The molecule has 5 heteroatoms. The van der Waals surface area contributed by atoms with Crippen LogP contribution in [-0.4, -0.2) is 21.5 Å². The van der Waals surface area contributed by atoms with E-state index in [0.29, 0.717) is 5.88 Å². The van der Waals surface area contributed by atoms with Gasteiger partial charge in [-0.2, -0.15) is 4.68 Å². The topological polar surface area (TPSA) is 53.4 Å². The first-order valence-electron chi connectivity index (χ1n) is 4.49. The second-order valence-corrected chi connectivity index (χ2v) is 3.86. The average Bonchev–Trinajstić information content (AvgIpc) is 2.50. The first-order valence-corrected chi connectivity index (χ1v) is 4.49. The smallest absolute Gasteiger partial charge is 0.435 e. The fraction of sp³-hybridized carbons (Fsp3) is 0.400. The van der Waals surface area contributed by atoms with Crippen molar-refractivity contribution in [1.82, 2.24) is 9.78 Å². The molecule has 0 N–H and O–H groups in total. The molecule has 1 heterocycles. The molecule has 0 amide bonds. The minimum absolute atomic E-state index is 0.302. The fourth-order valence-electron chi connectivity index (χ4n) is 0.866. The number of hydrogen-bond acceptors (Lipinski definition) is 4. The third-order valence-corrected chi connectivity index (χ3v) is 1.35. The van der Waals surface area contributed by atoms with Gasteiger partial charge in [-0.25, -0.2) is 4.79 Å². The van der Waals surface area contributed by atoms with Crippen LogP contribution in [0.25, 0.3) is 0 Å². The van der Waals surface area contributed by atoms with Crippen molar-refractivity contribution in [2.45, 2.75) is 26.4 Å². The molecule has 82 valence electrons. The van der Waals surface area contributed by atoms with Crippen LogP contribution in [0.15, 0.2) is 25.1 Å². The third-order valence-electron chi connectivity index (χ3n) is 1.35. The zero-order valence-corrected chi connectivity index (χ0v) is 9.06. The van der Waals surface area contributed by atoms with Gasteiger partial charge in [0.25, 0.3) is 0 Å². The molecule has 0 aliphatic heterocycles. The number of aromatic nitrogens is 2. The average molecular weight is 210 g/mol. The fourth-order valence-corrected chi connectivity index (χ4v) is 0.866. The van der Waals surface area contributed by atoms with Crippen LogP contribution in [0.4, 0.5) is 4.79 Å². The normalized spacial score (nSPS) is 10.9. The SMILES string of the molecule is C=COc1ccn(C(=O)OC(C)(C)C)n1. The lowest BCUT2D eigenvalue weighted by Gasteiger charge is -2.18. The van der Waals surface area contributed by atoms with Crippen LogP contribution >= 0.6 is 0 Å². The Balaban J connectivity index is 2.70. The Kier molecular flexibility index (Phi) is 3.14. The van der Waals surface area contributed by atoms with Gasteiger partial charge >= 0.3 is 6.09 Å². The Labute approximate surface area is 88.3 Å². The van der Waals surface area contributed by atoms with Gasteiger partial charge in [0.1, 0.15) is 5.60 Å². The summed E-state index contributed by atoms with van der Waals surface area (Å²) in [6.45, 7) is 8.74. The van der Waals surface area contributed by atoms with E-state index >= 15 is 0 Å². The quantitative estimate of drug-likeness (QED) is 0.702. The Bertz CT molecular complexity index is 363. The first kappa shape index (κ1) is 11.3. The van der Waals surface area contributed by atoms with Crippen LogP contribution in [0.3, 0.4) is 0 Å². The van der Waals surface area contributed by atoms with E-state index in [0.717, 1.165) is 4.68 Å². The summed E-state index contributed by atoms with van der Waals surface area (Å²) in [6.07, 6.45) is 2.16. The van der Waals surface area contributed by atoms with Crippen LogP contribution in [0.5, 0.6) is 5.88 Å². The van der Waals surface area contributed by atoms with Gasteiger partial charge in [0, 0.05) is 12.3 Å². The van der Waals surface area contributed by atoms with Crippen LogP contribution in [0, 0.1) is 0 Å². The maximum Gasteiger partial charge on any atom is 0.435 e. The van der Waals surface area contributed by atoms with Gasteiger partial charge in [-0.05, 0) is 20.8 Å². The van der Waals surface area contributed by atoms with Gasteiger partial charge < -0.3 is 9.47 Å². The second-order valence-electron chi connectivity index (χ2n) is 3.86. The van der Waals surface area contributed by atoms with Gasteiger partial charge in [0.2, 0.25) is 5.88 Å². The van der Waals surface area contributed by atoms with Gasteiger partial charge in [-0.15, -0.1) is 5.10 Å². The van der Waals surface area contributed by atoms with Crippen molar-refractivity contribution in [3.8, 4) is 5.88 Å². The summed E-state index contributed by atoms with van der Waals surface area (Å²) in [7, 11) is 0. The summed E-state index contributed by atoms with van der Waals surface area (Å²) < 4.78 is 11.1. The summed E-state index contributed by atoms with van der Waals surface area (Å²) >= 11 is 0. The second kappa shape index (κ2) is 4.16. The number of hydrogen-bond donors (Lipinski definition) is 0. The van der Waals surface area contributed by atoms with Crippen molar-refractivity contribution in [3.05, 3.63) is 25.1 Å². The van der Waals surface area contributed by atoms with E-state index in [-0.39, 0.29) is 0 Å². The zero-order chi connectivity index (χ0) is 11.5. The summed E-state index contributed by atoms with van der Waals surface area (Å²) in [5, 5.41) is 3.83. The minimum Gasteiger partial charge on any atom is -0.446 e. The number of nitrogens with zero attached hydrogens (tertiary/aromatic N) is 2. The van der Waals surface area contributed by atoms with E-state index < -0.39 is 11.7 Å². The summed E-state index contributed by atoms with van der Waals surface area (Å²) in [6, 6.07) is 1.55. The van der Waals surface area contributed by atoms with E-state index in [2.05, 4.69) is 11.7 Å². The largest absolute Gasteiger partial charge is 0.446 e. The van der Waals surface area contributed by atoms with Crippen LogP contribution in [0.1, 0.15) is 20.8 Å². The monoisotopic (exact) mass is 210 g/mol. The molecule has 0 aliphatic carbocycles. The molecule has 1 aromatic heterocycles. The summed E-state index contributed by atoms with van der Waals surface area (Å²) in [5.74, 6) is 0.302. The Morgan fingerprint density at radius 1 is 1.60 bits per heavy atom. The van der Waals surface area contributed by atoms with Crippen molar-refractivity contribution in [1.29, 1.82) is 0 Å². The molecule has 5 nitrogen and oxygen atoms in total. The van der Waals surface area contributed by atoms with Crippen molar-refractivity contribution in [2.75, 3.05) is 0 Å². The zero-order valence-electron chi connectivity index (χ0n) is 9.06. The highest BCUT2D eigenvalue weighted by atomic mass is 16.6. The molecule has 0 unspecified atom stereocenters. The predicted molar refractivity (Wildman–Crippen MR) is 54.7 cm³/mol. The van der Waals surface area contributed by atoms with Gasteiger partial charge in [-0.1, -0.05) is 6.58 Å². The third kappa shape index (κ3) is 3.46. The summed E-state index contributed by atoms with van der Waals surface area (Å²) in [5.41, 5.74) is -0.539. The number of carbonyl (C=O) groups excluding carboxylic acids is 1. The van der Waals surface area contributed by atoms with E-state index in [1.54, 1.807) is 26.8 Å². The maximum atomic E-state index is 11.5. The lowest BCUT2D eigenvalue weighted by molar-refractivity contribution is 0.0512. The van der Waals surface area contributed by atoms with Crippen molar-refractivity contribution >= 4 is 6.09 Å². The molecular weight excluding hydrogens is 196 g/mol. The number of rotatable bonds is 2. The molecule has 0 radical (unpaired) electrons. The van der Waals surface area contributed by atoms with E-state index in [4.69, 9.17) is 9.47 Å². The highest BCUT2D eigenvalue weighted by Crippen LogP contribution is 2.11. The van der Waals surface area contributed by atoms with Crippen molar-refractivity contribution < 1.29 is 14.3 Å². The van der Waals surface area contributed by atoms with Crippen LogP contribution in [0.2, 0.25) is 0 Å². The number of ether oxygens (including phenoxy) is 2. The molecule has 0 aromatic carbocycles. The molecular formula is C10H14N2O3. The molecule has 0 spiro atoms. The highest BCUT2D eigenvalue weighted by Gasteiger charge is 2.18. The molecule has 0 aliphatic rings. The van der Waals surface area contributed by atoms with Crippen molar-refractivity contribution in [2.24, 2.45) is 0 Å². The molecule has 0 fully saturated rings. The van der Waals surface area contributed by atoms with Crippen LogP contribution < -0.4 is 4.74 Å². The lowest BCUT2D eigenvalue weighted by atomic mass is 10.2. The highest BCUT2D eigenvalue weighted by molar-refractivity contribution is 5.69. The molecule has 0 bridgehead atoms. The standard InChI is InChI=1S/C10H14N2O3/c1-5-14-8-6-7-12(11-8)9(13)15-10(2,3)4/h5-7H,1H2,2-4H3. The Hall–Kier alpha value is -1.78. The van der Waals surface area contributed by atoms with Gasteiger partial charge in [0.05, 0.1) is 6.26 Å². The van der Waals surface area contributed by atoms with Crippen molar-refractivity contribution in [3.63, 3.8) is 0 Å². The molecule has 1 aromatic rings. The van der Waals surface area contributed by atoms with E-state index in [1.165, 1.54) is 12.5 Å². The molecule has 15 heavy (non-hydrogen) atoms. The maximum absolute atomic E-state index is 11.5. The van der Waals surface area contributed by atoms with E-state index in [9.17, 15) is 4.79 Å². The lowest BCUT2D eigenvalue weighted by Crippen LogP contribution is -2.27. The van der Waals surface area contributed by atoms with E-state index in [1.807, 2.05) is 0 Å². The van der Waals surface area contributed by atoms with Crippen LogP contribution in [-0.2, 0) is 4.74 Å². The number of carbonyl (C=O) groups is 1. The minimum atomic E-state index is -0.540. The molecule has 0 saturated carbocycles. The molecule has 1 rings (SSSR count). The summed E-state index contributed by atoms with van der Waals surface area (Å²) in [4.78, 5) is 11.5. The Morgan fingerprint density at radius 3 is 2.80 bits per heavy atom. The molecule has 0 atom stereocenters.